The van der Waals surface area contributed by atoms with Crippen LogP contribution in [0.25, 0.3) is 6.08 Å². The van der Waals surface area contributed by atoms with Crippen LogP contribution in [0.5, 0.6) is 40.2 Å². The van der Waals surface area contributed by atoms with Crippen molar-refractivity contribution in [3.63, 3.8) is 0 Å². The molecule has 5 rings (SSSR count). The average molecular weight is 644 g/mol. The van der Waals surface area contributed by atoms with Gasteiger partial charge in [0.25, 0.3) is 5.91 Å². The number of carbonyl (C=O) groups excluding carboxylic acids is 1. The predicted octanol–water partition coefficient (Wildman–Crippen LogP) is 5.73. The van der Waals surface area contributed by atoms with Gasteiger partial charge in [-0.25, -0.2) is 13.2 Å². The molecule has 4 atom stereocenters. The molecule has 2 aliphatic rings. The number of alkyl halides is 1. The van der Waals surface area contributed by atoms with Crippen molar-refractivity contribution in [3.05, 3.63) is 76.9 Å². The van der Waals surface area contributed by atoms with Gasteiger partial charge in [0.1, 0.15) is 41.4 Å². The molecular formula is C33H32F3NO9. The van der Waals surface area contributed by atoms with Gasteiger partial charge in [-0.2, -0.15) is 0 Å². The van der Waals surface area contributed by atoms with Gasteiger partial charge in [0, 0.05) is 35.3 Å². The van der Waals surface area contributed by atoms with Crippen molar-refractivity contribution in [3.8, 4) is 40.2 Å². The lowest BCUT2D eigenvalue weighted by Crippen LogP contribution is -2.30. The van der Waals surface area contributed by atoms with Crippen LogP contribution in [0.2, 0.25) is 0 Å². The number of aliphatic hydroxyl groups is 1. The SMILES string of the molecule is CC/C(=C\COc1ccc(F)c(F)c1)[C@H]1C[C@@H](Oc2ccc(/C=C(\C)C(=O)Nc3c(O)cc4c(c3O)OCO4)c(O)c2)C(F)[C@@H]1O. The third kappa shape index (κ3) is 6.79. The van der Waals surface area contributed by atoms with Crippen molar-refractivity contribution in [2.75, 3.05) is 18.7 Å². The van der Waals surface area contributed by atoms with E-state index >= 15 is 4.39 Å². The molecule has 1 aliphatic heterocycles. The summed E-state index contributed by atoms with van der Waals surface area (Å²) in [7, 11) is 0. The highest BCUT2D eigenvalue weighted by Crippen LogP contribution is 2.50. The van der Waals surface area contributed by atoms with Crippen molar-refractivity contribution >= 4 is 17.7 Å². The standard InChI is InChI=1S/C33H32F3NO9/c1-3-17(8-9-43-19-6-7-22(34)23(35)11-19)21-13-26(28(36)30(21)40)46-20-5-4-18(24(38)12-20)10-16(2)33(42)37-29-25(39)14-27-32(31(29)41)45-15-44-27/h4-8,10-12,14,21,26,28,30,38-41H,3,9,13,15H2,1-2H3,(H,37,42)/b16-10+,17-8+/t21-,26-,28?,30-/m1/s1. The Morgan fingerprint density at radius 3 is 2.52 bits per heavy atom. The lowest BCUT2D eigenvalue weighted by Gasteiger charge is -2.18. The van der Waals surface area contributed by atoms with Crippen LogP contribution in [-0.4, -0.2) is 58.1 Å². The van der Waals surface area contributed by atoms with E-state index in [1.165, 1.54) is 43.3 Å². The molecule has 0 radical (unpaired) electrons. The van der Waals surface area contributed by atoms with Crippen molar-refractivity contribution in [2.45, 2.75) is 45.1 Å². The number of aliphatic hydroxyl groups excluding tert-OH is 1. The quantitative estimate of drug-likeness (QED) is 0.106. The number of hydrogen-bond acceptors (Lipinski definition) is 9. The van der Waals surface area contributed by atoms with E-state index in [-0.39, 0.29) is 65.4 Å². The van der Waals surface area contributed by atoms with Crippen LogP contribution in [0.1, 0.15) is 32.3 Å². The summed E-state index contributed by atoms with van der Waals surface area (Å²) in [5.41, 5.74) is 0.781. The summed E-state index contributed by atoms with van der Waals surface area (Å²) in [4.78, 5) is 12.8. The van der Waals surface area contributed by atoms with Crippen LogP contribution in [0.3, 0.4) is 0 Å². The molecule has 0 saturated heterocycles. The Morgan fingerprint density at radius 2 is 1.80 bits per heavy atom. The lowest BCUT2D eigenvalue weighted by atomic mass is 9.93. The molecule has 10 nitrogen and oxygen atoms in total. The van der Waals surface area contributed by atoms with Crippen molar-refractivity contribution < 1.29 is 57.3 Å². The number of nitrogens with one attached hydrogen (secondary N) is 1. The third-order valence-corrected chi connectivity index (χ3v) is 7.83. The Bertz CT molecular complexity index is 1690. The molecular weight excluding hydrogens is 611 g/mol. The van der Waals surface area contributed by atoms with Crippen LogP contribution >= 0.6 is 0 Å². The minimum atomic E-state index is -1.73. The molecule has 13 heteroatoms. The van der Waals surface area contributed by atoms with Gasteiger partial charge >= 0.3 is 0 Å². The van der Waals surface area contributed by atoms with E-state index in [4.69, 9.17) is 18.9 Å². The molecule has 46 heavy (non-hydrogen) atoms. The van der Waals surface area contributed by atoms with Crippen molar-refractivity contribution in [1.29, 1.82) is 0 Å². The fourth-order valence-electron chi connectivity index (χ4n) is 5.35. The zero-order valence-electron chi connectivity index (χ0n) is 24.8. The number of rotatable bonds is 10. The molecule has 5 N–H and O–H groups in total. The number of hydrogen-bond donors (Lipinski definition) is 5. The first kappa shape index (κ1) is 32.4. The third-order valence-electron chi connectivity index (χ3n) is 7.83. The molecule has 3 aromatic rings. The second kappa shape index (κ2) is 13.5. The number of amides is 1. The normalized spacial score (nSPS) is 20.9. The fraction of sp³-hybridized carbons (Fsp3) is 0.303. The van der Waals surface area contributed by atoms with E-state index in [9.17, 15) is 34.0 Å². The first-order chi connectivity index (χ1) is 22.0. The molecule has 1 unspecified atom stereocenters. The maximum Gasteiger partial charge on any atom is 0.251 e. The summed E-state index contributed by atoms with van der Waals surface area (Å²) < 4.78 is 63.3. The summed E-state index contributed by atoms with van der Waals surface area (Å²) in [6, 6.07) is 8.55. The molecule has 3 aromatic carbocycles. The van der Waals surface area contributed by atoms with Gasteiger partial charge in [-0.3, -0.25) is 4.79 Å². The van der Waals surface area contributed by atoms with Gasteiger partial charge in [-0.15, -0.1) is 0 Å². The van der Waals surface area contributed by atoms with Crippen LogP contribution in [-0.2, 0) is 4.79 Å². The smallest absolute Gasteiger partial charge is 0.251 e. The zero-order valence-corrected chi connectivity index (χ0v) is 24.8. The number of halogens is 3. The molecule has 0 spiro atoms. The fourth-order valence-corrected chi connectivity index (χ4v) is 5.35. The van der Waals surface area contributed by atoms with Gasteiger partial charge in [-0.1, -0.05) is 12.5 Å². The largest absolute Gasteiger partial charge is 0.507 e. The van der Waals surface area contributed by atoms with Crippen LogP contribution in [0.4, 0.5) is 18.9 Å². The molecule has 0 aromatic heterocycles. The van der Waals surface area contributed by atoms with E-state index in [2.05, 4.69) is 5.32 Å². The second-order valence-corrected chi connectivity index (χ2v) is 10.8. The van der Waals surface area contributed by atoms with E-state index in [0.29, 0.717) is 12.0 Å². The van der Waals surface area contributed by atoms with Gasteiger partial charge in [0.2, 0.25) is 12.5 Å². The number of ether oxygens (including phenoxy) is 4. The van der Waals surface area contributed by atoms with Gasteiger partial charge in [0.05, 0.1) is 6.10 Å². The topological polar surface area (TPSA) is 147 Å². The van der Waals surface area contributed by atoms with E-state index in [1.807, 2.05) is 6.92 Å². The van der Waals surface area contributed by atoms with E-state index in [0.717, 1.165) is 12.1 Å². The maximum absolute atomic E-state index is 15.2. The van der Waals surface area contributed by atoms with E-state index < -0.39 is 53.3 Å². The van der Waals surface area contributed by atoms with Crippen molar-refractivity contribution in [2.24, 2.45) is 5.92 Å². The minimum Gasteiger partial charge on any atom is -0.507 e. The summed E-state index contributed by atoms with van der Waals surface area (Å²) in [5, 5.41) is 44.3. The minimum absolute atomic E-state index is 0.000743. The highest BCUT2D eigenvalue weighted by molar-refractivity contribution is 6.08. The summed E-state index contributed by atoms with van der Waals surface area (Å²) in [6.45, 7) is 3.14. The second-order valence-electron chi connectivity index (χ2n) is 10.8. The number of phenols is 3. The van der Waals surface area contributed by atoms with Gasteiger partial charge in [-0.05, 0) is 56.2 Å². The lowest BCUT2D eigenvalue weighted by molar-refractivity contribution is -0.112. The first-order valence-corrected chi connectivity index (χ1v) is 14.4. The summed E-state index contributed by atoms with van der Waals surface area (Å²) >= 11 is 0. The molecule has 1 heterocycles. The van der Waals surface area contributed by atoms with Crippen molar-refractivity contribution in [1.82, 2.24) is 0 Å². The number of carbonyl (C=O) groups is 1. The molecule has 1 amide bonds. The summed E-state index contributed by atoms with van der Waals surface area (Å²) in [5.74, 6) is -4.15. The first-order valence-electron chi connectivity index (χ1n) is 14.4. The van der Waals surface area contributed by atoms with Crippen LogP contribution in [0, 0.1) is 17.6 Å². The Labute approximate surface area is 261 Å². The van der Waals surface area contributed by atoms with Crippen LogP contribution in [0.15, 0.2) is 59.7 Å². The molecule has 0 bridgehead atoms. The molecule has 1 saturated carbocycles. The summed E-state index contributed by atoms with van der Waals surface area (Å²) in [6.07, 6.45) is -0.477. The zero-order chi connectivity index (χ0) is 33.1. The monoisotopic (exact) mass is 643 g/mol. The molecule has 1 fully saturated rings. The van der Waals surface area contributed by atoms with Gasteiger partial charge in [0.15, 0.2) is 29.3 Å². The average Bonchev–Trinajstić information content (AvgIpc) is 3.60. The Kier molecular flexibility index (Phi) is 9.52. The predicted molar refractivity (Wildman–Crippen MR) is 160 cm³/mol. The molecule has 244 valence electrons. The number of fused-ring (bicyclic) bond motifs is 1. The van der Waals surface area contributed by atoms with Crippen LogP contribution < -0.4 is 24.3 Å². The number of aromatic hydroxyl groups is 3. The Hall–Kier alpha value is -5.04. The molecule has 1 aliphatic carbocycles. The maximum atomic E-state index is 15.2. The Morgan fingerprint density at radius 1 is 1.04 bits per heavy atom. The number of benzene rings is 3. The number of phenolic OH excluding ortho intramolecular Hbond substituents is 3. The highest BCUT2D eigenvalue weighted by atomic mass is 19.2. The number of anilines is 1. The van der Waals surface area contributed by atoms with E-state index in [1.54, 1.807) is 6.08 Å². The highest BCUT2D eigenvalue weighted by Gasteiger charge is 2.45. The Balaban J connectivity index is 1.22. The van der Waals surface area contributed by atoms with Gasteiger partial charge < -0.3 is 44.7 Å².